The summed E-state index contributed by atoms with van der Waals surface area (Å²) in [7, 11) is 0. The van der Waals surface area contributed by atoms with Gasteiger partial charge in [-0.25, -0.2) is 4.39 Å². The van der Waals surface area contributed by atoms with Gasteiger partial charge in [-0.05, 0) is 44.0 Å². The number of hydrogen-bond donors (Lipinski definition) is 1. The lowest BCUT2D eigenvalue weighted by molar-refractivity contribution is 0.123. The molecule has 0 radical (unpaired) electrons. The average molecular weight is 307 g/mol. The van der Waals surface area contributed by atoms with Gasteiger partial charge in [0.05, 0.1) is 0 Å². The van der Waals surface area contributed by atoms with Gasteiger partial charge in [-0.2, -0.15) is 0 Å². The van der Waals surface area contributed by atoms with Gasteiger partial charge in [0.15, 0.2) is 0 Å². The van der Waals surface area contributed by atoms with Crippen molar-refractivity contribution >= 4 is 24.0 Å². The van der Waals surface area contributed by atoms with Gasteiger partial charge in [-0.15, -0.1) is 12.4 Å². The van der Waals surface area contributed by atoms with Crippen LogP contribution in [0.25, 0.3) is 0 Å². The van der Waals surface area contributed by atoms with E-state index in [1.807, 2.05) is 0 Å². The van der Waals surface area contributed by atoms with Crippen LogP contribution in [0, 0.1) is 5.82 Å². The number of hydrogen-bond acceptors (Lipinski definition) is 2. The van der Waals surface area contributed by atoms with E-state index in [1.54, 1.807) is 6.07 Å². The van der Waals surface area contributed by atoms with E-state index in [0.717, 1.165) is 25.1 Å². The molecule has 0 spiro atoms. The molecule has 1 aromatic carbocycles. The van der Waals surface area contributed by atoms with Crippen molar-refractivity contribution in [1.82, 2.24) is 4.90 Å². The highest BCUT2D eigenvalue weighted by Crippen LogP contribution is 2.25. The summed E-state index contributed by atoms with van der Waals surface area (Å²) in [5.41, 5.74) is 7.02. The third kappa shape index (κ3) is 4.32. The lowest BCUT2D eigenvalue weighted by atomic mass is 9.96. The summed E-state index contributed by atoms with van der Waals surface area (Å²) >= 11 is 6.08. The Bertz CT molecular complexity index is 412. The lowest BCUT2D eigenvalue weighted by Crippen LogP contribution is -2.48. The van der Waals surface area contributed by atoms with E-state index in [0.29, 0.717) is 11.1 Å². The van der Waals surface area contributed by atoms with E-state index in [9.17, 15) is 4.39 Å². The molecule has 2 rings (SSSR count). The van der Waals surface area contributed by atoms with Crippen LogP contribution in [0.15, 0.2) is 18.2 Å². The molecule has 1 fully saturated rings. The molecule has 2 atom stereocenters. The normalized spacial score (nSPS) is 21.8. The maximum Gasteiger partial charge on any atom is 0.124 e. The molecule has 1 aliphatic heterocycles. The van der Waals surface area contributed by atoms with Gasteiger partial charge in [0.2, 0.25) is 0 Å². The third-order valence-electron chi connectivity index (χ3n) is 3.66. The molecule has 0 bridgehead atoms. The summed E-state index contributed by atoms with van der Waals surface area (Å²) in [4.78, 5) is 2.37. The molecule has 19 heavy (non-hydrogen) atoms. The van der Waals surface area contributed by atoms with Gasteiger partial charge >= 0.3 is 0 Å². The Kier molecular flexibility index (Phi) is 6.54. The summed E-state index contributed by atoms with van der Waals surface area (Å²) < 4.78 is 13.0. The molecule has 0 aliphatic carbocycles. The SMILES string of the molecule is CC(N)C1CCCCN1Cc1ccc(F)cc1Cl.Cl. The highest BCUT2D eigenvalue weighted by atomic mass is 35.5. The minimum Gasteiger partial charge on any atom is -0.327 e. The van der Waals surface area contributed by atoms with E-state index in [-0.39, 0.29) is 24.3 Å². The Labute approximate surface area is 125 Å². The zero-order valence-electron chi connectivity index (χ0n) is 11.1. The summed E-state index contributed by atoms with van der Waals surface area (Å²) in [6.07, 6.45) is 3.57. The van der Waals surface area contributed by atoms with Crippen molar-refractivity contribution in [2.75, 3.05) is 6.54 Å². The van der Waals surface area contributed by atoms with Gasteiger partial charge in [0.1, 0.15) is 5.82 Å². The number of nitrogens with two attached hydrogens (primary N) is 1. The first-order valence-electron chi connectivity index (χ1n) is 6.51. The van der Waals surface area contributed by atoms with Crippen LogP contribution in [0.4, 0.5) is 4.39 Å². The van der Waals surface area contributed by atoms with Crippen LogP contribution in [-0.4, -0.2) is 23.5 Å². The highest BCUT2D eigenvalue weighted by Gasteiger charge is 2.25. The molecular weight excluding hydrogens is 286 g/mol. The van der Waals surface area contributed by atoms with Crippen LogP contribution in [0.2, 0.25) is 5.02 Å². The van der Waals surface area contributed by atoms with Crippen LogP contribution in [0.5, 0.6) is 0 Å². The maximum atomic E-state index is 13.0. The van der Waals surface area contributed by atoms with Crippen LogP contribution < -0.4 is 5.73 Å². The molecule has 1 aliphatic rings. The van der Waals surface area contributed by atoms with Crippen molar-refractivity contribution in [2.24, 2.45) is 5.73 Å². The molecular formula is C14H21Cl2FN2. The Balaban J connectivity index is 0.00000180. The fourth-order valence-corrected chi connectivity index (χ4v) is 2.90. The van der Waals surface area contributed by atoms with Crippen molar-refractivity contribution in [3.05, 3.63) is 34.6 Å². The van der Waals surface area contributed by atoms with Crippen LogP contribution >= 0.6 is 24.0 Å². The summed E-state index contributed by atoms with van der Waals surface area (Å²) in [5, 5.41) is 0.504. The first-order chi connectivity index (χ1) is 8.58. The van der Waals surface area contributed by atoms with Gasteiger partial charge in [-0.3, -0.25) is 4.90 Å². The van der Waals surface area contributed by atoms with Gasteiger partial charge < -0.3 is 5.73 Å². The van der Waals surface area contributed by atoms with E-state index in [4.69, 9.17) is 17.3 Å². The highest BCUT2D eigenvalue weighted by molar-refractivity contribution is 6.31. The number of piperidine rings is 1. The fourth-order valence-electron chi connectivity index (χ4n) is 2.68. The fraction of sp³-hybridized carbons (Fsp3) is 0.571. The van der Waals surface area contributed by atoms with E-state index in [1.165, 1.54) is 25.0 Å². The predicted molar refractivity (Wildman–Crippen MR) is 80.4 cm³/mol. The predicted octanol–water partition coefficient (Wildman–Crippen LogP) is 3.60. The minimum absolute atomic E-state index is 0. The maximum absolute atomic E-state index is 13.0. The zero-order valence-corrected chi connectivity index (χ0v) is 12.7. The second-order valence-corrected chi connectivity index (χ2v) is 5.54. The number of nitrogens with zero attached hydrogens (tertiary/aromatic N) is 1. The van der Waals surface area contributed by atoms with Crippen molar-refractivity contribution in [1.29, 1.82) is 0 Å². The quantitative estimate of drug-likeness (QED) is 0.924. The van der Waals surface area contributed by atoms with Crippen LogP contribution in [-0.2, 0) is 6.54 Å². The van der Waals surface area contributed by atoms with E-state index in [2.05, 4.69) is 11.8 Å². The first-order valence-corrected chi connectivity index (χ1v) is 6.89. The van der Waals surface area contributed by atoms with Crippen molar-refractivity contribution < 1.29 is 4.39 Å². The zero-order chi connectivity index (χ0) is 13.1. The average Bonchev–Trinajstić information content (AvgIpc) is 2.33. The number of rotatable bonds is 3. The molecule has 0 aromatic heterocycles. The Hall–Kier alpha value is -0.350. The summed E-state index contributed by atoms with van der Waals surface area (Å²) in [6.45, 7) is 3.85. The molecule has 2 N–H and O–H groups in total. The van der Waals surface area contributed by atoms with Gasteiger partial charge in [0, 0.05) is 23.7 Å². The monoisotopic (exact) mass is 306 g/mol. The lowest BCUT2D eigenvalue weighted by Gasteiger charge is -2.38. The molecule has 2 unspecified atom stereocenters. The van der Waals surface area contributed by atoms with Crippen molar-refractivity contribution in [2.45, 2.75) is 44.8 Å². The van der Waals surface area contributed by atoms with Crippen molar-refractivity contribution in [3.63, 3.8) is 0 Å². The van der Waals surface area contributed by atoms with Crippen molar-refractivity contribution in [3.8, 4) is 0 Å². The molecule has 1 aromatic rings. The molecule has 1 saturated heterocycles. The molecule has 0 saturated carbocycles. The van der Waals surface area contributed by atoms with E-state index >= 15 is 0 Å². The molecule has 1 heterocycles. The minimum atomic E-state index is -0.286. The molecule has 2 nitrogen and oxygen atoms in total. The smallest absolute Gasteiger partial charge is 0.124 e. The number of likely N-dealkylation sites (tertiary alicyclic amines) is 1. The van der Waals surface area contributed by atoms with Gasteiger partial charge in [-0.1, -0.05) is 24.1 Å². The Morgan fingerprint density at radius 2 is 2.21 bits per heavy atom. The summed E-state index contributed by atoms with van der Waals surface area (Å²) in [5.74, 6) is -0.286. The second kappa shape index (κ2) is 7.44. The topological polar surface area (TPSA) is 29.3 Å². The number of benzene rings is 1. The molecule has 0 amide bonds. The van der Waals surface area contributed by atoms with Crippen LogP contribution in [0.3, 0.4) is 0 Å². The number of halogens is 3. The van der Waals surface area contributed by atoms with Gasteiger partial charge in [0.25, 0.3) is 0 Å². The molecule has 108 valence electrons. The second-order valence-electron chi connectivity index (χ2n) is 5.13. The molecule has 5 heteroatoms. The first kappa shape index (κ1) is 16.7. The van der Waals surface area contributed by atoms with Crippen LogP contribution in [0.1, 0.15) is 31.7 Å². The standard InChI is InChI=1S/C14H20ClFN2.ClH/c1-10(17)14-4-2-3-7-18(14)9-11-5-6-12(16)8-13(11)15;/h5-6,8,10,14H,2-4,7,9,17H2,1H3;1H. The Morgan fingerprint density at radius 1 is 1.47 bits per heavy atom. The third-order valence-corrected chi connectivity index (χ3v) is 4.01. The Morgan fingerprint density at radius 3 is 2.84 bits per heavy atom. The van der Waals surface area contributed by atoms with E-state index < -0.39 is 0 Å². The summed E-state index contributed by atoms with van der Waals surface area (Å²) in [6, 6.07) is 5.17. The largest absolute Gasteiger partial charge is 0.327 e.